The van der Waals surface area contributed by atoms with Gasteiger partial charge in [0.2, 0.25) is 0 Å². The summed E-state index contributed by atoms with van der Waals surface area (Å²) in [5, 5.41) is 3.89. The molecule has 3 aliphatic heterocycles. The fourth-order valence-electron chi connectivity index (χ4n) is 9.94. The van der Waals surface area contributed by atoms with Crippen LogP contribution in [-0.4, -0.2) is 61.3 Å². The molecule has 0 fully saturated rings. The van der Waals surface area contributed by atoms with Crippen molar-refractivity contribution in [2.24, 2.45) is 15.0 Å². The number of aryl methyl sites for hydroxylation is 3. The minimum Gasteiger partial charge on any atom is -0.493 e. The van der Waals surface area contributed by atoms with E-state index in [0.29, 0.717) is 64.1 Å². The zero-order valence-corrected chi connectivity index (χ0v) is 44.4. The number of aromatic nitrogens is 6. The van der Waals surface area contributed by atoms with Crippen molar-refractivity contribution < 1.29 is 9.47 Å². The lowest BCUT2D eigenvalue weighted by Gasteiger charge is -2.09. The molecule has 7 aromatic carbocycles. The smallest absolute Gasteiger partial charge is 0.258 e. The van der Waals surface area contributed by atoms with Crippen LogP contribution >= 0.6 is 0 Å². The number of fused-ring (bicyclic) bond motifs is 4. The monoisotopic (exact) mass is 1060 g/mol. The molecule has 0 bridgehead atoms. The van der Waals surface area contributed by atoms with Gasteiger partial charge >= 0.3 is 0 Å². The normalized spacial score (nSPS) is 13.6. The predicted molar refractivity (Wildman–Crippen MR) is 322 cm³/mol. The van der Waals surface area contributed by atoms with Crippen molar-refractivity contribution >= 4 is 77.7 Å². The summed E-state index contributed by atoms with van der Waals surface area (Å²) in [7, 11) is 3.10. The number of allylic oxidation sites excluding steroid dienone is 3. The minimum atomic E-state index is -0.183. The highest BCUT2D eigenvalue weighted by molar-refractivity contribution is 5.98. The molecule has 396 valence electrons. The molecule has 0 spiro atoms. The number of nitrogens with zero attached hydrogens (tertiary/aromatic N) is 6. The van der Waals surface area contributed by atoms with Crippen LogP contribution in [0.15, 0.2) is 211 Å². The third kappa shape index (κ3) is 12.2. The Labute approximate surface area is 460 Å². The standard InChI is InChI=1S/C24H19N3O.C22H21N3O3.C20H17N3O/c28-24-20-14-17-8-4-5-9-18(17)15-22(20)26-23(27-24)13-11-19-10-12-21(25-19)16-6-2-1-3-7-16;1-27-19-12-16-18(13-20(19)28-2)24-21(25-22(16)26)11-9-15-8-10-17(23-15)14-6-4-3-5-7-14;24-20-16-8-4-5-9-18(16)22-19(23-20)13-11-15-10-12-17(21-15)14-6-2-1-3-7-14/h1-9,12,14-15H,10-11,13H2,(H,26,27,28);3-7,10,12-13H,8-9,11H2,1-2H3,(H,24,25,26);1-9,12H,10-11,13H2,(H,22,23,24). The molecule has 3 aromatic heterocycles. The Morgan fingerprint density at radius 1 is 0.375 bits per heavy atom. The van der Waals surface area contributed by atoms with E-state index < -0.39 is 0 Å². The molecule has 0 atom stereocenters. The van der Waals surface area contributed by atoms with E-state index in [1.165, 1.54) is 0 Å². The molecule has 3 aliphatic rings. The molecule has 10 aromatic rings. The number of rotatable bonds is 14. The molecule has 0 amide bonds. The van der Waals surface area contributed by atoms with Crippen LogP contribution in [0.1, 0.15) is 72.7 Å². The first-order chi connectivity index (χ1) is 39.2. The molecule has 0 unspecified atom stereocenters. The van der Waals surface area contributed by atoms with Crippen LogP contribution in [0.2, 0.25) is 0 Å². The maximum absolute atomic E-state index is 12.5. The quantitative estimate of drug-likeness (QED) is 0.0895. The summed E-state index contributed by atoms with van der Waals surface area (Å²) in [5.41, 5.74) is 11.6. The topological polar surface area (TPSA) is 193 Å². The largest absolute Gasteiger partial charge is 0.493 e. The SMILES string of the molecule is COc1cc2nc(CCC3=NC(c4ccccc4)=CC3)[nH]c(=O)c2cc1OC.O=c1[nH]c(CCC2=NC(c3ccccc3)=CC2)nc2cc3ccccc3cc12.O=c1[nH]c(CCC2=NC(c3ccccc3)=CC2)nc2ccccc12. The summed E-state index contributed by atoms with van der Waals surface area (Å²) in [6.07, 6.45) is 13.3. The Bertz CT molecular complexity index is 4310. The number of ether oxygens (including phenoxy) is 2. The summed E-state index contributed by atoms with van der Waals surface area (Å²) in [5.74, 6) is 3.13. The van der Waals surface area contributed by atoms with Crippen LogP contribution in [0.5, 0.6) is 11.5 Å². The van der Waals surface area contributed by atoms with Gasteiger partial charge in [0.1, 0.15) is 17.5 Å². The van der Waals surface area contributed by atoms with Gasteiger partial charge in [-0.2, -0.15) is 0 Å². The average molecular weight is 1060 g/mol. The van der Waals surface area contributed by atoms with Crippen LogP contribution in [0.4, 0.5) is 0 Å². The van der Waals surface area contributed by atoms with Crippen molar-refractivity contribution in [2.45, 2.75) is 57.8 Å². The lowest BCUT2D eigenvalue weighted by atomic mass is 10.1. The van der Waals surface area contributed by atoms with Gasteiger partial charge in [0.15, 0.2) is 11.5 Å². The number of H-pyrrole nitrogens is 3. The maximum atomic E-state index is 12.5. The Morgan fingerprint density at radius 2 is 0.738 bits per heavy atom. The van der Waals surface area contributed by atoms with Crippen molar-refractivity contribution in [3.63, 3.8) is 0 Å². The van der Waals surface area contributed by atoms with Crippen LogP contribution in [-0.2, 0) is 19.3 Å². The maximum Gasteiger partial charge on any atom is 0.258 e. The van der Waals surface area contributed by atoms with Gasteiger partial charge in [0.05, 0.1) is 64.0 Å². The number of hydrogen-bond acceptors (Lipinski definition) is 11. The van der Waals surface area contributed by atoms with Gasteiger partial charge in [-0.15, -0.1) is 0 Å². The molecule has 0 saturated carbocycles. The van der Waals surface area contributed by atoms with Crippen molar-refractivity contribution in [3.8, 4) is 11.5 Å². The minimum absolute atomic E-state index is 0.0768. The number of methoxy groups -OCH3 is 2. The molecule has 80 heavy (non-hydrogen) atoms. The van der Waals surface area contributed by atoms with E-state index >= 15 is 0 Å². The first-order valence-corrected chi connectivity index (χ1v) is 26.7. The summed E-state index contributed by atoms with van der Waals surface area (Å²) >= 11 is 0. The van der Waals surface area contributed by atoms with Crippen LogP contribution < -0.4 is 26.2 Å². The van der Waals surface area contributed by atoms with Gasteiger partial charge in [-0.3, -0.25) is 29.4 Å². The molecule has 13 rings (SSSR count). The Hall–Kier alpha value is -9.95. The molecular weight excluding hydrogens is 999 g/mol. The third-order valence-corrected chi connectivity index (χ3v) is 14.1. The molecule has 0 radical (unpaired) electrons. The average Bonchev–Trinajstić information content (AvgIpc) is 4.34. The third-order valence-electron chi connectivity index (χ3n) is 14.1. The fourth-order valence-corrected chi connectivity index (χ4v) is 9.94. The predicted octanol–water partition coefficient (Wildman–Crippen LogP) is 12.4. The molecular formula is C66H57N9O5. The molecule has 3 N–H and O–H groups in total. The lowest BCUT2D eigenvalue weighted by Crippen LogP contribution is -2.13. The molecule has 14 heteroatoms. The van der Waals surface area contributed by atoms with Crippen LogP contribution in [0, 0.1) is 0 Å². The van der Waals surface area contributed by atoms with E-state index in [4.69, 9.17) is 29.4 Å². The zero-order chi connectivity index (χ0) is 54.8. The van der Waals surface area contributed by atoms with Gasteiger partial charge in [-0.1, -0.05) is 146 Å². The Balaban J connectivity index is 0.000000127. The van der Waals surface area contributed by atoms with E-state index in [0.717, 1.165) is 117 Å². The zero-order valence-electron chi connectivity index (χ0n) is 44.4. The van der Waals surface area contributed by atoms with Crippen LogP contribution in [0.25, 0.3) is 60.6 Å². The van der Waals surface area contributed by atoms with Crippen molar-refractivity contribution in [1.82, 2.24) is 29.9 Å². The van der Waals surface area contributed by atoms with Gasteiger partial charge in [-0.05, 0) is 77.1 Å². The summed E-state index contributed by atoms with van der Waals surface area (Å²) in [6.45, 7) is 0. The second-order valence-electron chi connectivity index (χ2n) is 19.5. The highest BCUT2D eigenvalue weighted by atomic mass is 16.5. The second kappa shape index (κ2) is 24.2. The van der Waals surface area contributed by atoms with Gasteiger partial charge in [0.25, 0.3) is 16.7 Å². The van der Waals surface area contributed by atoms with E-state index in [1.54, 1.807) is 32.4 Å². The van der Waals surface area contributed by atoms with Gasteiger partial charge < -0.3 is 24.4 Å². The van der Waals surface area contributed by atoms with Crippen molar-refractivity contribution in [1.29, 1.82) is 0 Å². The van der Waals surface area contributed by atoms with E-state index in [2.05, 4.69) is 79.5 Å². The fraction of sp³-hybridized carbons (Fsp3) is 0.167. The molecule has 14 nitrogen and oxygen atoms in total. The highest BCUT2D eigenvalue weighted by Gasteiger charge is 2.16. The highest BCUT2D eigenvalue weighted by Crippen LogP contribution is 2.31. The number of aromatic amines is 3. The summed E-state index contributed by atoms with van der Waals surface area (Å²) in [6, 6.07) is 53.3. The van der Waals surface area contributed by atoms with Crippen molar-refractivity contribution in [2.75, 3.05) is 14.2 Å². The van der Waals surface area contributed by atoms with E-state index in [9.17, 15) is 14.4 Å². The van der Waals surface area contributed by atoms with Crippen LogP contribution in [0.3, 0.4) is 0 Å². The first-order valence-electron chi connectivity index (χ1n) is 26.7. The van der Waals surface area contributed by atoms with Crippen molar-refractivity contribution in [3.05, 3.63) is 247 Å². The number of para-hydroxylation sites is 1. The Kier molecular flexibility index (Phi) is 15.7. The molecule has 6 heterocycles. The Morgan fingerprint density at radius 3 is 1.20 bits per heavy atom. The summed E-state index contributed by atoms with van der Waals surface area (Å²) < 4.78 is 10.6. The van der Waals surface area contributed by atoms with E-state index in [-0.39, 0.29) is 16.7 Å². The molecule has 0 aliphatic carbocycles. The number of benzene rings is 7. The lowest BCUT2D eigenvalue weighted by molar-refractivity contribution is 0.355. The number of nitrogens with one attached hydrogen (secondary N) is 3. The van der Waals surface area contributed by atoms with Gasteiger partial charge in [-0.25, -0.2) is 15.0 Å². The van der Waals surface area contributed by atoms with Gasteiger partial charge in [0, 0.05) is 61.7 Å². The summed E-state index contributed by atoms with van der Waals surface area (Å²) in [4.78, 5) is 73.8. The van der Waals surface area contributed by atoms with E-state index in [1.807, 2.05) is 109 Å². The first kappa shape index (κ1) is 52.1. The second-order valence-corrected chi connectivity index (χ2v) is 19.5. The number of hydrogen-bond donors (Lipinski definition) is 3. The molecule has 0 saturated heterocycles. The number of aliphatic imine (C=N–C) groups is 3.